The van der Waals surface area contributed by atoms with Gasteiger partial charge in [0.25, 0.3) is 5.91 Å². The van der Waals surface area contributed by atoms with Crippen LogP contribution in [-0.2, 0) is 16.0 Å². The zero-order chi connectivity index (χ0) is 19.1. The van der Waals surface area contributed by atoms with Crippen molar-refractivity contribution in [2.24, 2.45) is 5.92 Å². The maximum absolute atomic E-state index is 12.6. The molecule has 0 bridgehead atoms. The van der Waals surface area contributed by atoms with Crippen LogP contribution in [-0.4, -0.2) is 31.1 Å². The van der Waals surface area contributed by atoms with Crippen molar-refractivity contribution in [3.63, 3.8) is 0 Å². The summed E-state index contributed by atoms with van der Waals surface area (Å²) in [6.45, 7) is 2.75. The zero-order valence-electron chi connectivity index (χ0n) is 15.5. The topological polar surface area (TPSA) is 64.6 Å². The van der Waals surface area contributed by atoms with Gasteiger partial charge in [-0.15, -0.1) is 0 Å². The Balaban J connectivity index is 1.62. The van der Waals surface area contributed by atoms with Gasteiger partial charge in [-0.05, 0) is 55.5 Å². The number of hydrogen-bond acceptors (Lipinski definition) is 4. The van der Waals surface area contributed by atoms with Gasteiger partial charge < -0.3 is 14.8 Å². The van der Waals surface area contributed by atoms with Crippen LogP contribution in [0.25, 0.3) is 0 Å². The van der Waals surface area contributed by atoms with Gasteiger partial charge in [0.05, 0.1) is 13.2 Å². The number of hydrogen-bond donors (Lipinski definition) is 1. The lowest BCUT2D eigenvalue weighted by Crippen LogP contribution is -2.43. The Labute approximate surface area is 159 Å². The van der Waals surface area contributed by atoms with Crippen molar-refractivity contribution in [1.29, 1.82) is 0 Å². The van der Waals surface area contributed by atoms with Crippen LogP contribution >= 0.6 is 0 Å². The quantitative estimate of drug-likeness (QED) is 0.690. The van der Waals surface area contributed by atoms with Crippen molar-refractivity contribution in [3.05, 3.63) is 65.7 Å². The van der Waals surface area contributed by atoms with E-state index >= 15 is 0 Å². The SMILES string of the molecule is CCOC(=O)C(Cc1ccccc1)NC(=O)c1ccc(OCC2CC2)cc1. The van der Waals surface area contributed by atoms with E-state index in [4.69, 9.17) is 9.47 Å². The van der Waals surface area contributed by atoms with Gasteiger partial charge in [0, 0.05) is 12.0 Å². The van der Waals surface area contributed by atoms with Crippen LogP contribution < -0.4 is 10.1 Å². The molecule has 5 heteroatoms. The van der Waals surface area contributed by atoms with Crippen molar-refractivity contribution in [2.75, 3.05) is 13.2 Å². The summed E-state index contributed by atoms with van der Waals surface area (Å²) in [6, 6.07) is 15.8. The van der Waals surface area contributed by atoms with Crippen molar-refractivity contribution < 1.29 is 19.1 Å². The van der Waals surface area contributed by atoms with Crippen LogP contribution in [0.2, 0.25) is 0 Å². The summed E-state index contributed by atoms with van der Waals surface area (Å²) in [5.41, 5.74) is 1.44. The van der Waals surface area contributed by atoms with Gasteiger partial charge in [-0.3, -0.25) is 4.79 Å². The average molecular weight is 367 g/mol. The molecule has 1 unspecified atom stereocenters. The lowest BCUT2D eigenvalue weighted by atomic mass is 10.1. The van der Waals surface area contributed by atoms with E-state index in [1.54, 1.807) is 31.2 Å². The smallest absolute Gasteiger partial charge is 0.328 e. The highest BCUT2D eigenvalue weighted by molar-refractivity contribution is 5.96. The summed E-state index contributed by atoms with van der Waals surface area (Å²) in [7, 11) is 0. The Hall–Kier alpha value is -2.82. The molecule has 1 atom stereocenters. The van der Waals surface area contributed by atoms with E-state index < -0.39 is 12.0 Å². The number of carbonyl (C=O) groups is 2. The molecule has 3 rings (SSSR count). The predicted octanol–water partition coefficient (Wildman–Crippen LogP) is 3.38. The minimum absolute atomic E-state index is 0.271. The molecule has 0 aliphatic heterocycles. The number of ether oxygens (including phenoxy) is 2. The molecule has 2 aromatic carbocycles. The van der Waals surface area contributed by atoms with Crippen LogP contribution in [0, 0.1) is 5.92 Å². The fourth-order valence-corrected chi connectivity index (χ4v) is 2.73. The molecule has 1 aliphatic rings. The van der Waals surface area contributed by atoms with Crippen LogP contribution in [0.3, 0.4) is 0 Å². The normalized spacial score (nSPS) is 14.3. The van der Waals surface area contributed by atoms with Gasteiger partial charge in [0.1, 0.15) is 11.8 Å². The molecule has 0 aromatic heterocycles. The van der Waals surface area contributed by atoms with Crippen LogP contribution in [0.5, 0.6) is 5.75 Å². The molecule has 0 radical (unpaired) electrons. The third kappa shape index (κ3) is 5.84. The van der Waals surface area contributed by atoms with Crippen molar-refractivity contribution in [3.8, 4) is 5.75 Å². The van der Waals surface area contributed by atoms with Crippen molar-refractivity contribution in [2.45, 2.75) is 32.2 Å². The van der Waals surface area contributed by atoms with Crippen molar-refractivity contribution in [1.82, 2.24) is 5.32 Å². The first kappa shape index (κ1) is 19.0. The molecule has 142 valence electrons. The van der Waals surface area contributed by atoms with Gasteiger partial charge in [0.15, 0.2) is 0 Å². The first-order chi connectivity index (χ1) is 13.2. The number of rotatable bonds is 9. The summed E-state index contributed by atoms with van der Waals surface area (Å²) in [4.78, 5) is 24.8. The van der Waals surface area contributed by atoms with E-state index in [1.165, 1.54) is 12.8 Å². The number of amides is 1. The van der Waals surface area contributed by atoms with E-state index in [-0.39, 0.29) is 12.5 Å². The Kier molecular flexibility index (Phi) is 6.47. The zero-order valence-corrected chi connectivity index (χ0v) is 15.5. The number of nitrogens with one attached hydrogen (secondary N) is 1. The van der Waals surface area contributed by atoms with E-state index in [1.807, 2.05) is 30.3 Å². The molecule has 1 amide bonds. The van der Waals surface area contributed by atoms with E-state index in [0.717, 1.165) is 17.9 Å². The van der Waals surface area contributed by atoms with Gasteiger partial charge in [0.2, 0.25) is 0 Å². The van der Waals surface area contributed by atoms with Gasteiger partial charge in [-0.1, -0.05) is 30.3 Å². The standard InChI is InChI=1S/C22H25NO4/c1-2-26-22(25)20(14-16-6-4-3-5-7-16)23-21(24)18-10-12-19(13-11-18)27-15-17-8-9-17/h3-7,10-13,17,20H,2,8-9,14-15H2,1H3,(H,23,24). The lowest BCUT2D eigenvalue weighted by Gasteiger charge is -2.17. The minimum Gasteiger partial charge on any atom is -0.493 e. The molecule has 0 heterocycles. The Morgan fingerprint density at radius 1 is 1.07 bits per heavy atom. The maximum Gasteiger partial charge on any atom is 0.328 e. The molecule has 5 nitrogen and oxygen atoms in total. The predicted molar refractivity (Wildman–Crippen MR) is 103 cm³/mol. The van der Waals surface area contributed by atoms with Crippen LogP contribution in [0.4, 0.5) is 0 Å². The maximum atomic E-state index is 12.6. The fraction of sp³-hybridized carbons (Fsp3) is 0.364. The highest BCUT2D eigenvalue weighted by Crippen LogP contribution is 2.29. The summed E-state index contributed by atoms with van der Waals surface area (Å²) in [5.74, 6) is 0.692. The summed E-state index contributed by atoms with van der Waals surface area (Å²) in [5, 5.41) is 2.79. The molecule has 0 spiro atoms. The Bertz CT molecular complexity index is 754. The molecule has 2 aromatic rings. The highest BCUT2D eigenvalue weighted by atomic mass is 16.5. The molecule has 1 saturated carbocycles. The molecular formula is C22H25NO4. The number of benzene rings is 2. The summed E-state index contributed by atoms with van der Waals surface area (Å²) < 4.78 is 10.8. The van der Waals surface area contributed by atoms with E-state index in [2.05, 4.69) is 5.32 Å². The molecule has 27 heavy (non-hydrogen) atoms. The van der Waals surface area contributed by atoms with E-state index in [0.29, 0.717) is 17.9 Å². The third-order valence-corrected chi connectivity index (χ3v) is 4.46. The monoisotopic (exact) mass is 367 g/mol. The Morgan fingerprint density at radius 3 is 2.41 bits per heavy atom. The molecule has 1 N–H and O–H groups in total. The van der Waals surface area contributed by atoms with Crippen LogP contribution in [0.15, 0.2) is 54.6 Å². The minimum atomic E-state index is -0.731. The number of carbonyl (C=O) groups excluding carboxylic acids is 2. The second kappa shape index (κ2) is 9.21. The summed E-state index contributed by atoms with van der Waals surface area (Å²) in [6.07, 6.45) is 2.85. The lowest BCUT2D eigenvalue weighted by molar-refractivity contribution is -0.145. The second-order valence-corrected chi connectivity index (χ2v) is 6.75. The summed E-state index contributed by atoms with van der Waals surface area (Å²) >= 11 is 0. The molecular weight excluding hydrogens is 342 g/mol. The first-order valence-electron chi connectivity index (χ1n) is 9.40. The Morgan fingerprint density at radius 2 is 1.78 bits per heavy atom. The number of esters is 1. The van der Waals surface area contributed by atoms with Gasteiger partial charge in [-0.25, -0.2) is 4.79 Å². The average Bonchev–Trinajstić information content (AvgIpc) is 3.52. The van der Waals surface area contributed by atoms with Crippen LogP contribution in [0.1, 0.15) is 35.7 Å². The van der Waals surface area contributed by atoms with E-state index in [9.17, 15) is 9.59 Å². The molecule has 1 aliphatic carbocycles. The molecule has 1 fully saturated rings. The van der Waals surface area contributed by atoms with Gasteiger partial charge >= 0.3 is 5.97 Å². The second-order valence-electron chi connectivity index (χ2n) is 6.75. The fourth-order valence-electron chi connectivity index (χ4n) is 2.73. The first-order valence-corrected chi connectivity index (χ1v) is 9.40. The third-order valence-electron chi connectivity index (χ3n) is 4.46. The van der Waals surface area contributed by atoms with Gasteiger partial charge in [-0.2, -0.15) is 0 Å². The largest absolute Gasteiger partial charge is 0.493 e. The molecule has 0 saturated heterocycles. The van der Waals surface area contributed by atoms with Crippen molar-refractivity contribution >= 4 is 11.9 Å². The highest BCUT2D eigenvalue weighted by Gasteiger charge is 2.24.